The maximum atomic E-state index is 13.0. The average Bonchev–Trinajstić information content (AvgIpc) is 2.97. The lowest BCUT2D eigenvalue weighted by Gasteiger charge is -2.28. The molecule has 1 aromatic rings. The first-order valence-corrected chi connectivity index (χ1v) is 9.76. The molecule has 0 saturated carbocycles. The van der Waals surface area contributed by atoms with Crippen molar-refractivity contribution in [3.63, 3.8) is 0 Å². The summed E-state index contributed by atoms with van der Waals surface area (Å²) in [6, 6.07) is 7.94. The molecule has 0 aromatic heterocycles. The van der Waals surface area contributed by atoms with Gasteiger partial charge in [0.2, 0.25) is 17.7 Å². The number of hydrogen-bond acceptors (Lipinski definition) is 4. The summed E-state index contributed by atoms with van der Waals surface area (Å²) in [5.74, 6) is -1.16. The van der Waals surface area contributed by atoms with Gasteiger partial charge in [0.15, 0.2) is 0 Å². The maximum absolute atomic E-state index is 13.0. The smallest absolute Gasteiger partial charge is 0.243 e. The molecule has 1 aliphatic carbocycles. The fraction of sp³-hybridized carbons (Fsp3) is 0.409. The molecule has 148 valence electrons. The van der Waals surface area contributed by atoms with Gasteiger partial charge in [0.25, 0.3) is 0 Å². The number of nitrogens with zero attached hydrogens (tertiary/aromatic N) is 1. The van der Waals surface area contributed by atoms with Gasteiger partial charge in [-0.15, -0.1) is 0 Å². The summed E-state index contributed by atoms with van der Waals surface area (Å²) in [4.78, 5) is 37.8. The van der Waals surface area contributed by atoms with E-state index in [1.54, 1.807) is 5.48 Å². The van der Waals surface area contributed by atoms with Crippen molar-refractivity contribution in [1.82, 2.24) is 10.4 Å². The number of hydrogen-bond donors (Lipinski definition) is 2. The summed E-state index contributed by atoms with van der Waals surface area (Å²) in [5, 5.41) is 8.46. The molecule has 1 fully saturated rings. The summed E-state index contributed by atoms with van der Waals surface area (Å²) in [7, 11) is 0. The Morgan fingerprint density at radius 3 is 2.68 bits per heavy atom. The van der Waals surface area contributed by atoms with Crippen molar-refractivity contribution in [1.29, 1.82) is 0 Å². The van der Waals surface area contributed by atoms with E-state index in [0.717, 1.165) is 29.5 Å². The molecule has 0 radical (unpaired) electrons. The van der Waals surface area contributed by atoms with Crippen LogP contribution in [0.4, 0.5) is 0 Å². The Bertz CT molecular complexity index is 815. The number of likely N-dealkylation sites (tertiary alicyclic amines) is 1. The molecule has 1 aromatic carbocycles. The van der Waals surface area contributed by atoms with E-state index in [-0.39, 0.29) is 36.5 Å². The third kappa shape index (κ3) is 4.22. The highest BCUT2D eigenvalue weighted by atomic mass is 16.5. The van der Waals surface area contributed by atoms with Crippen LogP contribution < -0.4 is 5.48 Å². The third-order valence-electron chi connectivity index (χ3n) is 5.55. The van der Waals surface area contributed by atoms with E-state index in [2.05, 4.69) is 6.58 Å². The van der Waals surface area contributed by atoms with E-state index in [0.29, 0.717) is 19.4 Å². The maximum Gasteiger partial charge on any atom is 0.243 e. The van der Waals surface area contributed by atoms with Crippen molar-refractivity contribution in [2.45, 2.75) is 44.4 Å². The van der Waals surface area contributed by atoms with Gasteiger partial charge in [-0.25, -0.2) is 5.48 Å². The van der Waals surface area contributed by atoms with E-state index >= 15 is 0 Å². The zero-order valence-corrected chi connectivity index (χ0v) is 15.9. The Hall–Kier alpha value is -2.73. The van der Waals surface area contributed by atoms with Crippen LogP contribution in [0.25, 0.3) is 6.08 Å². The van der Waals surface area contributed by atoms with Crippen molar-refractivity contribution in [2.75, 3.05) is 6.54 Å². The Balaban J connectivity index is 1.57. The van der Waals surface area contributed by atoms with Crippen LogP contribution in [-0.2, 0) is 14.4 Å². The Kier molecular flexibility index (Phi) is 6.41. The van der Waals surface area contributed by atoms with Crippen molar-refractivity contribution in [3.8, 4) is 0 Å². The number of carbonyl (C=O) groups is 3. The molecule has 2 aliphatic rings. The van der Waals surface area contributed by atoms with Crippen LogP contribution in [0.3, 0.4) is 0 Å². The minimum absolute atomic E-state index is 0.110. The topological polar surface area (TPSA) is 86.7 Å². The first-order chi connectivity index (χ1) is 13.5. The molecule has 1 aliphatic heterocycles. The standard InChI is InChI=1S/C22H26N2O4/c1-15-11-12-16-8-5-6-9-17(16)21(15)18-14-20(26)24(22(18)27)13-7-3-2-4-10-19(25)23-28/h5-6,8-9,11-12,18,21,28H,1-4,7,10,13-14H2,(H,23,25). The molecular weight excluding hydrogens is 356 g/mol. The summed E-state index contributed by atoms with van der Waals surface area (Å²) in [6.45, 7) is 4.54. The van der Waals surface area contributed by atoms with Gasteiger partial charge in [0.05, 0.1) is 5.92 Å². The quantitative estimate of drug-likeness (QED) is 0.313. The number of unbranched alkanes of at least 4 members (excludes halogenated alkanes) is 3. The SMILES string of the molecule is C=C1C=Cc2ccccc2C1C1CC(=O)N(CCCCCCC(=O)NO)C1=O. The summed E-state index contributed by atoms with van der Waals surface area (Å²) >= 11 is 0. The molecule has 0 bridgehead atoms. The predicted molar refractivity (Wildman–Crippen MR) is 105 cm³/mol. The predicted octanol–water partition coefficient (Wildman–Crippen LogP) is 3.18. The number of carbonyl (C=O) groups excluding carboxylic acids is 3. The third-order valence-corrected chi connectivity index (χ3v) is 5.55. The van der Waals surface area contributed by atoms with E-state index in [1.165, 1.54) is 4.90 Å². The number of nitrogens with one attached hydrogen (secondary N) is 1. The van der Waals surface area contributed by atoms with Crippen molar-refractivity contribution in [3.05, 3.63) is 53.6 Å². The summed E-state index contributed by atoms with van der Waals surface area (Å²) in [6.07, 6.45) is 7.46. The van der Waals surface area contributed by atoms with E-state index < -0.39 is 5.91 Å². The Morgan fingerprint density at radius 2 is 1.89 bits per heavy atom. The van der Waals surface area contributed by atoms with Gasteiger partial charge in [-0.3, -0.25) is 24.5 Å². The van der Waals surface area contributed by atoms with Gasteiger partial charge in [0.1, 0.15) is 0 Å². The normalized spacial score (nSPS) is 21.2. The largest absolute Gasteiger partial charge is 0.289 e. The number of imide groups is 1. The number of rotatable bonds is 8. The number of hydroxylamine groups is 1. The second-order valence-corrected chi connectivity index (χ2v) is 7.41. The van der Waals surface area contributed by atoms with Gasteiger partial charge in [-0.1, -0.05) is 55.8 Å². The molecule has 1 heterocycles. The van der Waals surface area contributed by atoms with Gasteiger partial charge in [0, 0.05) is 25.3 Å². The molecule has 28 heavy (non-hydrogen) atoms. The molecule has 6 nitrogen and oxygen atoms in total. The fourth-order valence-corrected chi connectivity index (χ4v) is 4.09. The van der Waals surface area contributed by atoms with Crippen LogP contribution in [0.15, 0.2) is 42.5 Å². The zero-order chi connectivity index (χ0) is 20.1. The Labute approximate surface area is 164 Å². The first-order valence-electron chi connectivity index (χ1n) is 9.76. The highest BCUT2D eigenvalue weighted by Crippen LogP contribution is 2.42. The molecule has 2 N–H and O–H groups in total. The number of allylic oxidation sites excluding steroid dienone is 2. The van der Waals surface area contributed by atoms with E-state index in [9.17, 15) is 14.4 Å². The van der Waals surface area contributed by atoms with Crippen LogP contribution >= 0.6 is 0 Å². The Morgan fingerprint density at radius 1 is 1.14 bits per heavy atom. The second kappa shape index (κ2) is 8.97. The summed E-state index contributed by atoms with van der Waals surface area (Å²) in [5.41, 5.74) is 4.61. The number of fused-ring (bicyclic) bond motifs is 1. The lowest BCUT2D eigenvalue weighted by atomic mass is 9.75. The first kappa shape index (κ1) is 20.0. The van der Waals surface area contributed by atoms with Crippen LogP contribution in [0, 0.1) is 5.92 Å². The highest BCUT2D eigenvalue weighted by molar-refractivity contribution is 6.04. The molecule has 2 unspecified atom stereocenters. The lowest BCUT2D eigenvalue weighted by molar-refractivity contribution is -0.139. The minimum atomic E-state index is -0.394. The van der Waals surface area contributed by atoms with Crippen LogP contribution in [0.5, 0.6) is 0 Å². The van der Waals surface area contributed by atoms with Crippen LogP contribution in [-0.4, -0.2) is 34.4 Å². The number of benzene rings is 1. The molecule has 0 spiro atoms. The van der Waals surface area contributed by atoms with Gasteiger partial charge < -0.3 is 0 Å². The molecule has 3 amide bonds. The lowest BCUT2D eigenvalue weighted by Crippen LogP contribution is -2.33. The monoisotopic (exact) mass is 382 g/mol. The van der Waals surface area contributed by atoms with Crippen molar-refractivity contribution >= 4 is 23.8 Å². The molecule has 2 atom stereocenters. The van der Waals surface area contributed by atoms with Crippen LogP contribution in [0.1, 0.15) is 55.6 Å². The van der Waals surface area contributed by atoms with Gasteiger partial charge >= 0.3 is 0 Å². The zero-order valence-electron chi connectivity index (χ0n) is 15.9. The van der Waals surface area contributed by atoms with Crippen LogP contribution in [0.2, 0.25) is 0 Å². The molecule has 6 heteroatoms. The molecule has 1 saturated heterocycles. The van der Waals surface area contributed by atoms with Crippen molar-refractivity contribution in [2.24, 2.45) is 5.92 Å². The molecule has 3 rings (SSSR count). The fourth-order valence-electron chi connectivity index (χ4n) is 4.09. The number of amides is 3. The minimum Gasteiger partial charge on any atom is -0.289 e. The van der Waals surface area contributed by atoms with E-state index in [1.807, 2.05) is 36.4 Å². The van der Waals surface area contributed by atoms with Gasteiger partial charge in [-0.2, -0.15) is 0 Å². The van der Waals surface area contributed by atoms with Gasteiger partial charge in [-0.05, 0) is 29.5 Å². The average molecular weight is 382 g/mol. The van der Waals surface area contributed by atoms with E-state index in [4.69, 9.17) is 5.21 Å². The highest BCUT2D eigenvalue weighted by Gasteiger charge is 2.44. The van der Waals surface area contributed by atoms with Crippen molar-refractivity contribution < 1.29 is 19.6 Å². The molecular formula is C22H26N2O4. The second-order valence-electron chi connectivity index (χ2n) is 7.41. The summed E-state index contributed by atoms with van der Waals surface area (Å²) < 4.78 is 0.